The van der Waals surface area contributed by atoms with Crippen molar-refractivity contribution in [2.75, 3.05) is 0 Å². The highest BCUT2D eigenvalue weighted by Crippen LogP contribution is 2.77. The number of fused-ring (bicyclic) bond motifs is 3. The number of rotatable bonds is 1. The molecule has 3 aromatic rings. The normalized spacial score (nSPS) is 39.5. The van der Waals surface area contributed by atoms with E-state index in [2.05, 4.69) is 30.6 Å². The lowest BCUT2D eigenvalue weighted by Crippen LogP contribution is -2.71. The zero-order valence-electron chi connectivity index (χ0n) is 12.3. The van der Waals surface area contributed by atoms with Crippen molar-refractivity contribution in [2.24, 2.45) is 11.1 Å². The van der Waals surface area contributed by atoms with Gasteiger partial charge in [-0.1, -0.05) is 0 Å². The molecule has 0 aliphatic heterocycles. The molecule has 6 nitrogen and oxygen atoms in total. The van der Waals surface area contributed by atoms with Crippen molar-refractivity contribution in [3.05, 3.63) is 24.3 Å². The van der Waals surface area contributed by atoms with Gasteiger partial charge in [-0.15, -0.1) is 10.2 Å². The second-order valence-electron chi connectivity index (χ2n) is 7.51. The van der Waals surface area contributed by atoms with Gasteiger partial charge >= 0.3 is 0 Å². The lowest BCUT2D eigenvalue weighted by molar-refractivity contribution is -0.111. The topological polar surface area (TPSA) is 84.9 Å². The molecule has 0 saturated heterocycles. The van der Waals surface area contributed by atoms with Crippen LogP contribution in [0.15, 0.2) is 18.5 Å². The van der Waals surface area contributed by atoms with E-state index in [9.17, 15) is 0 Å². The Kier molecular flexibility index (Phi) is 1.69. The van der Waals surface area contributed by atoms with E-state index >= 15 is 0 Å². The number of nitrogens with two attached hydrogens (primary N) is 1. The summed E-state index contributed by atoms with van der Waals surface area (Å²) in [5.41, 5.74) is 9.99. The third-order valence-corrected chi connectivity index (χ3v) is 7.21. The lowest BCUT2D eigenvalue weighted by atomic mass is 9.38. The maximum Gasteiger partial charge on any atom is 0.179 e. The molecule has 0 aromatic carbocycles. The molecule has 22 heavy (non-hydrogen) atoms. The third kappa shape index (κ3) is 0.932. The number of nitrogens with zero attached hydrogens (tertiary/aromatic N) is 4. The predicted octanol–water partition coefficient (Wildman–Crippen LogP) is 1.91. The zero-order chi connectivity index (χ0) is 14.6. The summed E-state index contributed by atoms with van der Waals surface area (Å²) in [6, 6.07) is 2.07. The van der Waals surface area contributed by atoms with Crippen molar-refractivity contribution in [1.29, 1.82) is 0 Å². The van der Waals surface area contributed by atoms with Crippen molar-refractivity contribution < 1.29 is 0 Å². The van der Waals surface area contributed by atoms with Gasteiger partial charge in [-0.05, 0) is 44.6 Å². The Morgan fingerprint density at radius 3 is 2.68 bits per heavy atom. The van der Waals surface area contributed by atoms with Gasteiger partial charge in [0.2, 0.25) is 0 Å². The SMILES string of the molecule is NC12CCC3(c4nnc5cnc6[nH]ccc6n45)CCC13CC2. The molecule has 3 aliphatic rings. The monoisotopic (exact) mass is 294 g/mol. The first-order chi connectivity index (χ1) is 10.7. The van der Waals surface area contributed by atoms with Crippen LogP contribution >= 0.6 is 0 Å². The number of hydrogen-bond donors (Lipinski definition) is 2. The molecule has 0 amide bonds. The van der Waals surface area contributed by atoms with Crippen LogP contribution < -0.4 is 5.73 Å². The molecule has 3 unspecified atom stereocenters. The van der Waals surface area contributed by atoms with Crippen molar-refractivity contribution in [3.63, 3.8) is 0 Å². The molecule has 0 bridgehead atoms. The van der Waals surface area contributed by atoms with Gasteiger partial charge in [0, 0.05) is 22.6 Å². The van der Waals surface area contributed by atoms with Crippen LogP contribution in [0.5, 0.6) is 0 Å². The van der Waals surface area contributed by atoms with Crippen LogP contribution in [0, 0.1) is 5.41 Å². The molecular formula is C16H18N6. The number of H-pyrrole nitrogens is 1. The molecule has 1 spiro atoms. The Bertz CT molecular complexity index is 937. The minimum Gasteiger partial charge on any atom is -0.345 e. The average molecular weight is 294 g/mol. The Labute approximate surface area is 127 Å². The quantitative estimate of drug-likeness (QED) is 0.718. The molecular weight excluding hydrogens is 276 g/mol. The van der Waals surface area contributed by atoms with Crippen LogP contribution in [0.4, 0.5) is 0 Å². The third-order valence-electron chi connectivity index (χ3n) is 7.21. The van der Waals surface area contributed by atoms with Crippen LogP contribution in [-0.4, -0.2) is 30.1 Å². The summed E-state index contributed by atoms with van der Waals surface area (Å²) in [5, 5.41) is 9.03. The Morgan fingerprint density at radius 1 is 1.09 bits per heavy atom. The van der Waals surface area contributed by atoms with Crippen LogP contribution in [-0.2, 0) is 5.41 Å². The first kappa shape index (κ1) is 11.6. The highest BCUT2D eigenvalue weighted by Gasteiger charge is 2.77. The van der Waals surface area contributed by atoms with E-state index < -0.39 is 0 Å². The van der Waals surface area contributed by atoms with E-state index in [0.717, 1.165) is 35.5 Å². The largest absolute Gasteiger partial charge is 0.345 e. The second-order valence-corrected chi connectivity index (χ2v) is 7.51. The molecule has 3 fully saturated rings. The number of nitrogens with one attached hydrogen (secondary N) is 1. The van der Waals surface area contributed by atoms with Crippen LogP contribution in [0.3, 0.4) is 0 Å². The van der Waals surface area contributed by atoms with Crippen molar-refractivity contribution >= 4 is 16.8 Å². The minimum absolute atomic E-state index is 0.0430. The second kappa shape index (κ2) is 3.20. The van der Waals surface area contributed by atoms with E-state index in [1.165, 1.54) is 25.7 Å². The van der Waals surface area contributed by atoms with E-state index in [4.69, 9.17) is 5.73 Å². The smallest absolute Gasteiger partial charge is 0.179 e. The van der Waals surface area contributed by atoms with Crippen molar-refractivity contribution in [1.82, 2.24) is 24.6 Å². The van der Waals surface area contributed by atoms with Crippen molar-refractivity contribution in [3.8, 4) is 0 Å². The Hall–Kier alpha value is -1.95. The molecule has 3 N–H and O–H groups in total. The molecule has 0 radical (unpaired) electrons. The van der Waals surface area contributed by atoms with Gasteiger partial charge in [0.1, 0.15) is 5.82 Å². The van der Waals surface area contributed by atoms with E-state index in [0.29, 0.717) is 0 Å². The van der Waals surface area contributed by atoms with Gasteiger partial charge in [0.15, 0.2) is 11.3 Å². The standard InChI is InChI=1S/C16H18N6/c17-16-6-3-14(2-4-15(14,16)5-7-16)13-21-20-11-9-19-12-10(22(11)13)1-8-18-12/h1,8-9,18H,2-7,17H2. The van der Waals surface area contributed by atoms with Gasteiger partial charge in [0.25, 0.3) is 0 Å². The zero-order valence-corrected chi connectivity index (χ0v) is 12.3. The van der Waals surface area contributed by atoms with E-state index in [-0.39, 0.29) is 16.4 Å². The number of aromatic amines is 1. The fraction of sp³-hybridized carbons (Fsp3) is 0.562. The molecule has 3 aliphatic carbocycles. The van der Waals surface area contributed by atoms with Gasteiger partial charge in [-0.25, -0.2) is 4.98 Å². The summed E-state index contributed by atoms with van der Waals surface area (Å²) in [6.45, 7) is 0. The summed E-state index contributed by atoms with van der Waals surface area (Å²) >= 11 is 0. The molecule has 3 heterocycles. The summed E-state index contributed by atoms with van der Waals surface area (Å²) in [4.78, 5) is 7.61. The summed E-state index contributed by atoms with van der Waals surface area (Å²) < 4.78 is 2.21. The minimum atomic E-state index is 0.0430. The molecule has 6 heteroatoms. The number of hydrogen-bond acceptors (Lipinski definition) is 4. The summed E-state index contributed by atoms with van der Waals surface area (Å²) in [5.74, 6) is 1.12. The summed E-state index contributed by atoms with van der Waals surface area (Å²) in [7, 11) is 0. The first-order valence-corrected chi connectivity index (χ1v) is 8.16. The average Bonchev–Trinajstić information content (AvgIpc) is 3.12. The fourth-order valence-electron chi connectivity index (χ4n) is 5.85. The van der Waals surface area contributed by atoms with Crippen LogP contribution in [0.1, 0.15) is 44.3 Å². The molecule has 3 atom stereocenters. The Morgan fingerprint density at radius 2 is 1.91 bits per heavy atom. The predicted molar refractivity (Wildman–Crippen MR) is 81.4 cm³/mol. The maximum atomic E-state index is 6.74. The summed E-state index contributed by atoms with van der Waals surface area (Å²) in [6.07, 6.45) is 10.9. The lowest BCUT2D eigenvalue weighted by Gasteiger charge is -2.67. The van der Waals surface area contributed by atoms with Crippen molar-refractivity contribution in [2.45, 2.75) is 49.5 Å². The molecule has 6 rings (SSSR count). The highest BCUT2D eigenvalue weighted by molar-refractivity contribution is 5.74. The highest BCUT2D eigenvalue weighted by atomic mass is 15.3. The van der Waals surface area contributed by atoms with Crippen LogP contribution in [0.2, 0.25) is 0 Å². The van der Waals surface area contributed by atoms with Gasteiger partial charge in [-0.3, -0.25) is 4.40 Å². The first-order valence-electron chi connectivity index (χ1n) is 8.16. The maximum absolute atomic E-state index is 6.74. The van der Waals surface area contributed by atoms with Gasteiger partial charge in [0.05, 0.1) is 11.7 Å². The fourth-order valence-corrected chi connectivity index (χ4v) is 5.85. The molecule has 112 valence electrons. The van der Waals surface area contributed by atoms with Gasteiger partial charge < -0.3 is 10.7 Å². The Balaban J connectivity index is 1.68. The van der Waals surface area contributed by atoms with E-state index in [1.54, 1.807) is 0 Å². The van der Waals surface area contributed by atoms with Gasteiger partial charge in [-0.2, -0.15) is 0 Å². The number of aromatic nitrogens is 5. The molecule has 3 aromatic heterocycles. The van der Waals surface area contributed by atoms with E-state index in [1.807, 2.05) is 12.4 Å². The van der Waals surface area contributed by atoms with Crippen LogP contribution in [0.25, 0.3) is 16.8 Å². The molecule has 3 saturated carbocycles.